The molecule has 0 saturated heterocycles. The van der Waals surface area contributed by atoms with Crippen molar-refractivity contribution >= 4 is 15.9 Å². The van der Waals surface area contributed by atoms with E-state index in [1.165, 1.54) is 32.4 Å². The molecule has 3 rings (SSSR count). The zero-order valence-electron chi connectivity index (χ0n) is 17.2. The number of benzene rings is 1. The van der Waals surface area contributed by atoms with Crippen LogP contribution >= 0.6 is 0 Å². The number of aromatic nitrogens is 3. The van der Waals surface area contributed by atoms with Gasteiger partial charge < -0.3 is 14.2 Å². The monoisotopic (exact) mass is 446 g/mol. The van der Waals surface area contributed by atoms with E-state index in [9.17, 15) is 13.2 Å². The first-order chi connectivity index (χ1) is 14.9. The summed E-state index contributed by atoms with van der Waals surface area (Å²) in [5.41, 5.74) is 0.548. The highest BCUT2D eigenvalue weighted by molar-refractivity contribution is 7.90. The summed E-state index contributed by atoms with van der Waals surface area (Å²) in [6.45, 7) is 2.33. The van der Waals surface area contributed by atoms with Gasteiger partial charge in [0.25, 0.3) is 15.9 Å². The third-order valence-corrected chi connectivity index (χ3v) is 5.61. The minimum absolute atomic E-state index is 0.0476. The molecule has 2 aromatic heterocycles. The van der Waals surface area contributed by atoms with E-state index < -0.39 is 15.9 Å². The summed E-state index contributed by atoms with van der Waals surface area (Å²) < 4.78 is 45.4. The second-order valence-electron chi connectivity index (χ2n) is 6.22. The minimum atomic E-state index is -4.32. The van der Waals surface area contributed by atoms with Gasteiger partial charge in [-0.15, -0.1) is 0 Å². The quantitative estimate of drug-likeness (QED) is 0.529. The van der Waals surface area contributed by atoms with Gasteiger partial charge in [-0.1, -0.05) is 6.07 Å². The Labute approximate surface area is 179 Å². The number of hydrogen-bond donors (Lipinski definition) is 1. The fraction of sp³-hybridized carbons (Fsp3) is 0.250. The van der Waals surface area contributed by atoms with E-state index in [2.05, 4.69) is 10.1 Å². The number of hydrogen-bond acceptors (Lipinski definition) is 8. The standard InChI is InChI=1S/C20H22N4O6S/c1-4-30-17-8-5-7-16(28-2)18(17)31(26,27)23-19(25)15-10-9-14(20(22-15)29-3)13-24-12-6-11-21-24/h5-12H,4,13H2,1-3H3,(H,23,25). The van der Waals surface area contributed by atoms with Gasteiger partial charge in [0.15, 0.2) is 4.90 Å². The van der Waals surface area contributed by atoms with Crippen LogP contribution in [0.1, 0.15) is 23.0 Å². The molecule has 0 spiro atoms. The van der Waals surface area contributed by atoms with Crippen molar-refractivity contribution in [2.75, 3.05) is 20.8 Å². The van der Waals surface area contributed by atoms with Crippen molar-refractivity contribution in [3.8, 4) is 17.4 Å². The van der Waals surface area contributed by atoms with Crippen LogP contribution in [0.4, 0.5) is 0 Å². The summed E-state index contributed by atoms with van der Waals surface area (Å²) in [7, 11) is -1.58. The molecule has 0 fully saturated rings. The lowest BCUT2D eigenvalue weighted by atomic mass is 10.2. The first-order valence-electron chi connectivity index (χ1n) is 9.28. The highest BCUT2D eigenvalue weighted by Crippen LogP contribution is 2.33. The lowest BCUT2D eigenvalue weighted by molar-refractivity contribution is 0.0975. The van der Waals surface area contributed by atoms with E-state index in [0.717, 1.165) is 0 Å². The molecule has 1 amide bonds. The highest BCUT2D eigenvalue weighted by atomic mass is 32.2. The molecule has 31 heavy (non-hydrogen) atoms. The van der Waals surface area contributed by atoms with Gasteiger partial charge in [-0.05, 0) is 37.3 Å². The van der Waals surface area contributed by atoms with Crippen LogP contribution in [0, 0.1) is 0 Å². The topological polar surface area (TPSA) is 122 Å². The maximum absolute atomic E-state index is 13.0. The molecule has 0 aliphatic heterocycles. The van der Waals surface area contributed by atoms with E-state index in [0.29, 0.717) is 12.1 Å². The van der Waals surface area contributed by atoms with E-state index in [-0.39, 0.29) is 34.6 Å². The molecule has 3 aromatic rings. The Morgan fingerprint density at radius 3 is 2.52 bits per heavy atom. The number of nitrogens with one attached hydrogen (secondary N) is 1. The second-order valence-corrected chi connectivity index (χ2v) is 7.84. The average molecular weight is 446 g/mol. The molecule has 1 aromatic carbocycles. The molecule has 0 unspecified atom stereocenters. The summed E-state index contributed by atoms with van der Waals surface area (Å²) >= 11 is 0. The van der Waals surface area contributed by atoms with Crippen LogP contribution in [0.2, 0.25) is 0 Å². The largest absolute Gasteiger partial charge is 0.495 e. The Morgan fingerprint density at radius 2 is 1.87 bits per heavy atom. The van der Waals surface area contributed by atoms with Crippen molar-refractivity contribution in [3.63, 3.8) is 0 Å². The van der Waals surface area contributed by atoms with Crippen LogP contribution < -0.4 is 18.9 Å². The Kier molecular flexibility index (Phi) is 6.75. The first-order valence-corrected chi connectivity index (χ1v) is 10.8. The summed E-state index contributed by atoms with van der Waals surface area (Å²) in [4.78, 5) is 16.6. The molecule has 0 saturated carbocycles. The first kappa shape index (κ1) is 22.1. The fourth-order valence-corrected chi connectivity index (χ4v) is 4.14. The maximum atomic E-state index is 13.0. The number of ether oxygens (including phenoxy) is 3. The van der Waals surface area contributed by atoms with Gasteiger partial charge in [-0.25, -0.2) is 18.1 Å². The van der Waals surface area contributed by atoms with Crippen molar-refractivity contribution in [1.29, 1.82) is 0 Å². The maximum Gasteiger partial charge on any atom is 0.283 e. The Bertz CT molecular complexity index is 1160. The molecule has 1 N–H and O–H groups in total. The molecule has 0 atom stereocenters. The van der Waals surface area contributed by atoms with Crippen LogP contribution in [0.15, 0.2) is 53.7 Å². The zero-order valence-corrected chi connectivity index (χ0v) is 18.0. The summed E-state index contributed by atoms with van der Waals surface area (Å²) in [5, 5.41) is 4.12. The van der Waals surface area contributed by atoms with Gasteiger partial charge in [0.05, 0.1) is 27.4 Å². The molecule has 2 heterocycles. The van der Waals surface area contributed by atoms with Crippen molar-refractivity contribution in [2.45, 2.75) is 18.4 Å². The highest BCUT2D eigenvalue weighted by Gasteiger charge is 2.28. The summed E-state index contributed by atoms with van der Waals surface area (Å²) in [6.07, 6.45) is 3.41. The van der Waals surface area contributed by atoms with Crippen molar-refractivity contribution in [3.05, 3.63) is 60.0 Å². The number of methoxy groups -OCH3 is 2. The van der Waals surface area contributed by atoms with E-state index >= 15 is 0 Å². The molecule has 10 nitrogen and oxygen atoms in total. The van der Waals surface area contributed by atoms with Crippen LogP contribution in [0.3, 0.4) is 0 Å². The molecule has 0 bridgehead atoms. The van der Waals surface area contributed by atoms with E-state index in [4.69, 9.17) is 14.2 Å². The predicted molar refractivity (Wildman–Crippen MR) is 111 cm³/mol. The number of rotatable bonds is 9. The van der Waals surface area contributed by atoms with Crippen LogP contribution in [-0.2, 0) is 16.6 Å². The van der Waals surface area contributed by atoms with Crippen LogP contribution in [-0.4, -0.2) is 49.9 Å². The minimum Gasteiger partial charge on any atom is -0.495 e. The summed E-state index contributed by atoms with van der Waals surface area (Å²) in [6, 6.07) is 9.36. The summed E-state index contributed by atoms with van der Waals surface area (Å²) in [5.74, 6) is -0.612. The smallest absolute Gasteiger partial charge is 0.283 e. The van der Waals surface area contributed by atoms with E-state index in [1.54, 1.807) is 42.2 Å². The van der Waals surface area contributed by atoms with Gasteiger partial charge in [0, 0.05) is 18.0 Å². The number of amides is 1. The molecular weight excluding hydrogens is 424 g/mol. The van der Waals surface area contributed by atoms with Gasteiger partial charge in [0.1, 0.15) is 17.2 Å². The number of nitrogens with zero attached hydrogens (tertiary/aromatic N) is 3. The molecule has 0 radical (unpaired) electrons. The number of carbonyl (C=O) groups excluding carboxylic acids is 1. The predicted octanol–water partition coefficient (Wildman–Crippen LogP) is 1.86. The number of carbonyl (C=O) groups is 1. The van der Waals surface area contributed by atoms with Gasteiger partial charge in [0.2, 0.25) is 5.88 Å². The Hall–Kier alpha value is -3.60. The Balaban J connectivity index is 1.89. The fourth-order valence-electron chi connectivity index (χ4n) is 2.88. The molecule has 0 aliphatic rings. The normalized spacial score (nSPS) is 11.1. The Morgan fingerprint density at radius 1 is 1.10 bits per heavy atom. The third-order valence-electron chi connectivity index (χ3n) is 4.21. The molecular formula is C20H22N4O6S. The van der Waals surface area contributed by atoms with Crippen molar-refractivity contribution in [1.82, 2.24) is 19.5 Å². The van der Waals surface area contributed by atoms with E-state index in [1.807, 2.05) is 4.72 Å². The average Bonchev–Trinajstić information content (AvgIpc) is 3.26. The lowest BCUT2D eigenvalue weighted by Crippen LogP contribution is -2.32. The van der Waals surface area contributed by atoms with Crippen LogP contribution in [0.5, 0.6) is 17.4 Å². The molecule has 11 heteroatoms. The lowest BCUT2D eigenvalue weighted by Gasteiger charge is -2.15. The third kappa shape index (κ3) is 4.94. The molecule has 164 valence electrons. The van der Waals surface area contributed by atoms with Crippen LogP contribution in [0.25, 0.3) is 0 Å². The number of sulfonamides is 1. The van der Waals surface area contributed by atoms with Gasteiger partial charge >= 0.3 is 0 Å². The number of pyridine rings is 1. The second kappa shape index (κ2) is 9.47. The van der Waals surface area contributed by atoms with Crippen molar-refractivity contribution < 1.29 is 27.4 Å². The van der Waals surface area contributed by atoms with Crippen molar-refractivity contribution in [2.24, 2.45) is 0 Å². The van der Waals surface area contributed by atoms with Gasteiger partial charge in [-0.2, -0.15) is 5.10 Å². The van der Waals surface area contributed by atoms with Gasteiger partial charge in [-0.3, -0.25) is 9.48 Å². The zero-order chi connectivity index (χ0) is 22.4. The molecule has 0 aliphatic carbocycles. The SMILES string of the molecule is CCOc1cccc(OC)c1S(=O)(=O)NC(=O)c1ccc(Cn2cccn2)c(OC)n1.